The third kappa shape index (κ3) is 2.37. The van der Waals surface area contributed by atoms with E-state index in [9.17, 15) is 4.79 Å². The Bertz CT molecular complexity index is 459. The second-order valence-corrected chi connectivity index (χ2v) is 5.06. The van der Waals surface area contributed by atoms with Gasteiger partial charge in [0.05, 0.1) is 25.5 Å². The van der Waals surface area contributed by atoms with Crippen LogP contribution in [0.25, 0.3) is 0 Å². The SMILES string of the molecule is Cc1ncoc1C(=O)N1CCOC2(CCCCO2)C1. The maximum Gasteiger partial charge on any atom is 0.291 e. The fourth-order valence-electron chi connectivity index (χ4n) is 2.65. The quantitative estimate of drug-likeness (QED) is 0.767. The second kappa shape index (κ2) is 4.94. The molecule has 2 aliphatic rings. The lowest BCUT2D eigenvalue weighted by atomic mass is 10.0. The molecule has 0 radical (unpaired) electrons. The predicted molar refractivity (Wildman–Crippen MR) is 65.6 cm³/mol. The number of nitrogens with zero attached hydrogens (tertiary/aromatic N) is 2. The first-order valence-electron chi connectivity index (χ1n) is 6.67. The predicted octanol–water partition coefficient (Wildman–Crippen LogP) is 1.35. The van der Waals surface area contributed by atoms with Crippen LogP contribution in [0.1, 0.15) is 35.5 Å². The van der Waals surface area contributed by atoms with Crippen LogP contribution in [0.3, 0.4) is 0 Å². The summed E-state index contributed by atoms with van der Waals surface area (Å²) in [7, 11) is 0. The third-order valence-electron chi connectivity index (χ3n) is 3.70. The number of ether oxygens (including phenoxy) is 2. The van der Waals surface area contributed by atoms with Crippen LogP contribution < -0.4 is 0 Å². The zero-order valence-corrected chi connectivity index (χ0v) is 11.1. The Hall–Kier alpha value is -1.40. The van der Waals surface area contributed by atoms with Gasteiger partial charge in [-0.2, -0.15) is 0 Å². The molecule has 19 heavy (non-hydrogen) atoms. The molecule has 6 heteroatoms. The molecule has 2 aliphatic heterocycles. The first-order valence-corrected chi connectivity index (χ1v) is 6.67. The summed E-state index contributed by atoms with van der Waals surface area (Å²) in [6.07, 6.45) is 4.27. The highest BCUT2D eigenvalue weighted by Gasteiger charge is 2.41. The Kier molecular flexibility index (Phi) is 3.28. The van der Waals surface area contributed by atoms with Crippen molar-refractivity contribution in [3.8, 4) is 0 Å². The average Bonchev–Trinajstić information content (AvgIpc) is 2.85. The van der Waals surface area contributed by atoms with Crippen LogP contribution in [0.15, 0.2) is 10.8 Å². The number of oxazole rings is 1. The molecule has 0 bridgehead atoms. The van der Waals surface area contributed by atoms with Crippen LogP contribution in [0, 0.1) is 6.92 Å². The van der Waals surface area contributed by atoms with E-state index in [1.807, 2.05) is 0 Å². The van der Waals surface area contributed by atoms with Crippen LogP contribution in [-0.4, -0.2) is 47.9 Å². The van der Waals surface area contributed by atoms with Crippen molar-refractivity contribution in [1.29, 1.82) is 0 Å². The molecule has 2 fully saturated rings. The molecule has 3 heterocycles. The lowest BCUT2D eigenvalue weighted by Gasteiger charge is -2.44. The van der Waals surface area contributed by atoms with Gasteiger partial charge in [-0.15, -0.1) is 0 Å². The minimum absolute atomic E-state index is 0.133. The molecule has 1 aromatic rings. The van der Waals surface area contributed by atoms with Gasteiger partial charge >= 0.3 is 0 Å². The maximum atomic E-state index is 12.4. The third-order valence-corrected chi connectivity index (χ3v) is 3.70. The first kappa shape index (κ1) is 12.6. The Morgan fingerprint density at radius 2 is 2.21 bits per heavy atom. The number of morpholine rings is 1. The molecule has 2 saturated heterocycles. The smallest absolute Gasteiger partial charge is 0.291 e. The number of hydrogen-bond acceptors (Lipinski definition) is 5. The zero-order chi connectivity index (χ0) is 13.3. The molecule has 3 rings (SSSR count). The summed E-state index contributed by atoms with van der Waals surface area (Å²) in [5.41, 5.74) is 0.620. The van der Waals surface area contributed by atoms with Gasteiger partial charge in [0.1, 0.15) is 0 Å². The maximum absolute atomic E-state index is 12.4. The topological polar surface area (TPSA) is 64.8 Å². The van der Waals surface area contributed by atoms with Crippen molar-refractivity contribution in [2.75, 3.05) is 26.3 Å². The van der Waals surface area contributed by atoms with E-state index in [2.05, 4.69) is 4.98 Å². The van der Waals surface area contributed by atoms with Crippen LogP contribution in [0.2, 0.25) is 0 Å². The van der Waals surface area contributed by atoms with Crippen molar-refractivity contribution in [1.82, 2.24) is 9.88 Å². The van der Waals surface area contributed by atoms with E-state index in [4.69, 9.17) is 13.9 Å². The van der Waals surface area contributed by atoms with Crippen molar-refractivity contribution in [3.63, 3.8) is 0 Å². The minimum atomic E-state index is -0.611. The molecule has 6 nitrogen and oxygen atoms in total. The van der Waals surface area contributed by atoms with Crippen molar-refractivity contribution in [2.45, 2.75) is 32.0 Å². The Balaban J connectivity index is 1.74. The number of carbonyl (C=O) groups is 1. The van der Waals surface area contributed by atoms with E-state index < -0.39 is 5.79 Å². The van der Waals surface area contributed by atoms with Crippen molar-refractivity contribution >= 4 is 5.91 Å². The Labute approximate surface area is 111 Å². The van der Waals surface area contributed by atoms with Gasteiger partial charge in [-0.1, -0.05) is 0 Å². The van der Waals surface area contributed by atoms with Gasteiger partial charge in [0.2, 0.25) is 5.76 Å². The van der Waals surface area contributed by atoms with Crippen LogP contribution in [0.5, 0.6) is 0 Å². The molecule has 104 valence electrons. The zero-order valence-electron chi connectivity index (χ0n) is 11.1. The largest absolute Gasteiger partial charge is 0.438 e. The fourth-order valence-corrected chi connectivity index (χ4v) is 2.65. The van der Waals surface area contributed by atoms with Crippen molar-refractivity contribution < 1.29 is 18.7 Å². The monoisotopic (exact) mass is 266 g/mol. The van der Waals surface area contributed by atoms with E-state index in [0.717, 1.165) is 19.3 Å². The normalized spacial score (nSPS) is 27.7. The van der Waals surface area contributed by atoms with E-state index >= 15 is 0 Å². The second-order valence-electron chi connectivity index (χ2n) is 5.06. The van der Waals surface area contributed by atoms with Gasteiger partial charge in [-0.25, -0.2) is 4.98 Å². The van der Waals surface area contributed by atoms with E-state index in [0.29, 0.717) is 37.8 Å². The molecule has 1 unspecified atom stereocenters. The van der Waals surface area contributed by atoms with E-state index in [-0.39, 0.29) is 5.91 Å². The molecule has 0 aromatic carbocycles. The van der Waals surface area contributed by atoms with Gasteiger partial charge in [0.15, 0.2) is 12.2 Å². The number of hydrogen-bond donors (Lipinski definition) is 0. The summed E-state index contributed by atoms with van der Waals surface area (Å²) >= 11 is 0. The van der Waals surface area contributed by atoms with Gasteiger partial charge in [-0.3, -0.25) is 4.79 Å². The van der Waals surface area contributed by atoms with Crippen LogP contribution in [-0.2, 0) is 9.47 Å². The highest BCUT2D eigenvalue weighted by Crippen LogP contribution is 2.30. The molecular formula is C13H18N2O4. The first-order chi connectivity index (χ1) is 9.20. The Morgan fingerprint density at radius 3 is 2.89 bits per heavy atom. The molecule has 1 aromatic heterocycles. The van der Waals surface area contributed by atoms with Crippen molar-refractivity contribution in [3.05, 3.63) is 17.8 Å². The summed E-state index contributed by atoms with van der Waals surface area (Å²) in [6, 6.07) is 0. The molecule has 0 aliphatic carbocycles. The van der Waals surface area contributed by atoms with Crippen LogP contribution >= 0.6 is 0 Å². The number of amides is 1. The molecule has 0 saturated carbocycles. The summed E-state index contributed by atoms with van der Waals surface area (Å²) < 4.78 is 16.7. The summed E-state index contributed by atoms with van der Waals surface area (Å²) in [5, 5.41) is 0. The number of rotatable bonds is 1. The molecule has 1 spiro atoms. The molecular weight excluding hydrogens is 248 g/mol. The molecule has 1 amide bonds. The lowest BCUT2D eigenvalue weighted by molar-refractivity contribution is -0.277. The number of carbonyl (C=O) groups excluding carboxylic acids is 1. The van der Waals surface area contributed by atoms with E-state index in [1.165, 1.54) is 6.39 Å². The lowest BCUT2D eigenvalue weighted by Crippen LogP contribution is -2.56. The summed E-state index contributed by atoms with van der Waals surface area (Å²) in [6.45, 7) is 3.99. The highest BCUT2D eigenvalue weighted by molar-refractivity contribution is 5.92. The van der Waals surface area contributed by atoms with Gasteiger partial charge < -0.3 is 18.8 Å². The minimum Gasteiger partial charge on any atom is -0.438 e. The Morgan fingerprint density at radius 1 is 1.37 bits per heavy atom. The highest BCUT2D eigenvalue weighted by atomic mass is 16.7. The average molecular weight is 266 g/mol. The summed E-state index contributed by atoms with van der Waals surface area (Å²) in [5.74, 6) is -0.431. The summed E-state index contributed by atoms with van der Waals surface area (Å²) in [4.78, 5) is 18.1. The number of aryl methyl sites for hydroxylation is 1. The van der Waals surface area contributed by atoms with E-state index in [1.54, 1.807) is 11.8 Å². The number of aromatic nitrogens is 1. The molecule has 1 atom stereocenters. The fraction of sp³-hybridized carbons (Fsp3) is 0.692. The standard InChI is InChI=1S/C13H18N2O4/c1-10-11(17-9-14-10)12(16)15-5-7-19-13(8-15)4-2-3-6-18-13/h9H,2-8H2,1H3. The van der Waals surface area contributed by atoms with Gasteiger partial charge in [-0.05, 0) is 19.8 Å². The van der Waals surface area contributed by atoms with Gasteiger partial charge in [0.25, 0.3) is 5.91 Å². The molecule has 0 N–H and O–H groups in total. The van der Waals surface area contributed by atoms with Crippen molar-refractivity contribution in [2.24, 2.45) is 0 Å². The van der Waals surface area contributed by atoms with Crippen LogP contribution in [0.4, 0.5) is 0 Å². The van der Waals surface area contributed by atoms with Gasteiger partial charge in [0, 0.05) is 13.0 Å².